The number of hydrogen-bond donors (Lipinski definition) is 0. The van der Waals surface area contributed by atoms with Crippen LogP contribution in [-0.4, -0.2) is 90.6 Å². The van der Waals surface area contributed by atoms with Gasteiger partial charge in [-0.25, -0.2) is 0 Å². The first-order valence-corrected chi connectivity index (χ1v) is 15.5. The number of esters is 2. The lowest BCUT2D eigenvalue weighted by molar-refractivity contribution is -0.182. The predicted molar refractivity (Wildman–Crippen MR) is 153 cm³/mol. The van der Waals surface area contributed by atoms with Crippen molar-refractivity contribution in [2.24, 2.45) is 0 Å². The molecule has 0 aliphatic rings. The van der Waals surface area contributed by atoms with Crippen molar-refractivity contribution in [2.75, 3.05) is 66.1 Å². The highest BCUT2D eigenvalue weighted by Crippen LogP contribution is 2.05. The Hall–Kier alpha value is -1.30. The number of hydrogen-bond acceptors (Lipinski definition) is 10. The average Bonchev–Trinajstić information content (AvgIpc) is 2.95. The Balaban J connectivity index is 3.92. The van der Waals surface area contributed by atoms with Crippen LogP contribution in [0.5, 0.6) is 0 Å². The second kappa shape index (κ2) is 30.7. The molecule has 0 saturated carbocycles. The van der Waals surface area contributed by atoms with Crippen LogP contribution >= 0.6 is 0 Å². The van der Waals surface area contributed by atoms with Gasteiger partial charge in [-0.1, -0.05) is 53.4 Å². The smallest absolute Gasteiger partial charge is 0.305 e. The van der Waals surface area contributed by atoms with Gasteiger partial charge in [-0.2, -0.15) is 0 Å². The van der Waals surface area contributed by atoms with Crippen LogP contribution in [0.1, 0.15) is 105 Å². The fraction of sp³-hybridized carbons (Fsp3) is 0.933. The third-order valence-electron chi connectivity index (χ3n) is 5.71. The van der Waals surface area contributed by atoms with E-state index in [2.05, 4.69) is 27.7 Å². The zero-order chi connectivity index (χ0) is 29.5. The molecule has 0 aromatic carbocycles. The molecule has 2 unspecified atom stereocenters. The van der Waals surface area contributed by atoms with Crippen molar-refractivity contribution in [1.82, 2.24) is 0 Å². The lowest BCUT2D eigenvalue weighted by atomic mass is 10.2. The number of carbonyl (C=O) groups is 2. The largest absolute Gasteiger partial charge is 0.463 e. The molecule has 10 heteroatoms. The Morgan fingerprint density at radius 3 is 1.18 bits per heavy atom. The van der Waals surface area contributed by atoms with Crippen molar-refractivity contribution in [2.45, 2.75) is 117 Å². The Morgan fingerprint density at radius 1 is 0.450 bits per heavy atom. The van der Waals surface area contributed by atoms with Gasteiger partial charge in [-0.15, -0.1) is 0 Å². The molecule has 0 aromatic rings. The summed E-state index contributed by atoms with van der Waals surface area (Å²) in [5.41, 5.74) is 0. The molecular weight excluding hydrogens is 520 g/mol. The van der Waals surface area contributed by atoms with Gasteiger partial charge in [0.25, 0.3) is 0 Å². The number of rotatable bonds is 31. The van der Waals surface area contributed by atoms with Gasteiger partial charge in [0, 0.05) is 39.3 Å². The van der Waals surface area contributed by atoms with Crippen LogP contribution in [0.4, 0.5) is 0 Å². The molecule has 2 atom stereocenters. The molecule has 0 spiro atoms. The quantitative estimate of drug-likeness (QED) is 0.0587. The highest BCUT2D eigenvalue weighted by atomic mass is 16.7. The first-order valence-electron chi connectivity index (χ1n) is 15.5. The molecule has 0 rings (SSSR count). The van der Waals surface area contributed by atoms with Gasteiger partial charge in [0.15, 0.2) is 12.6 Å². The molecular formula is C30H58O10. The lowest BCUT2D eigenvalue weighted by Gasteiger charge is -2.19. The second-order valence-corrected chi connectivity index (χ2v) is 9.55. The average molecular weight is 579 g/mol. The molecule has 40 heavy (non-hydrogen) atoms. The van der Waals surface area contributed by atoms with Crippen LogP contribution in [0.3, 0.4) is 0 Å². The SMILES string of the molecule is CCCCOCC(OCCCC)OCCOC(=O)CCCCC(=O)OCCOC(COCCCC)OCCCC. The van der Waals surface area contributed by atoms with Gasteiger partial charge in [0.05, 0.1) is 26.4 Å². The molecule has 0 aliphatic carbocycles. The number of carbonyl (C=O) groups excluding carboxylic acids is 2. The van der Waals surface area contributed by atoms with Gasteiger partial charge in [0.2, 0.25) is 0 Å². The van der Waals surface area contributed by atoms with E-state index in [4.69, 9.17) is 37.9 Å². The van der Waals surface area contributed by atoms with Gasteiger partial charge < -0.3 is 37.9 Å². The van der Waals surface area contributed by atoms with E-state index in [1.807, 2.05) is 0 Å². The van der Waals surface area contributed by atoms with E-state index >= 15 is 0 Å². The van der Waals surface area contributed by atoms with Crippen molar-refractivity contribution < 1.29 is 47.5 Å². The minimum Gasteiger partial charge on any atom is -0.463 e. The van der Waals surface area contributed by atoms with Crippen molar-refractivity contribution in [3.8, 4) is 0 Å². The number of unbranched alkanes of at least 4 members (excludes halogenated alkanes) is 5. The normalized spacial score (nSPS) is 12.8. The monoisotopic (exact) mass is 578 g/mol. The minimum atomic E-state index is -0.461. The first-order chi connectivity index (χ1) is 19.6. The molecule has 0 N–H and O–H groups in total. The third kappa shape index (κ3) is 26.9. The van der Waals surface area contributed by atoms with Crippen LogP contribution in [0.2, 0.25) is 0 Å². The van der Waals surface area contributed by atoms with Gasteiger partial charge in [0.1, 0.15) is 13.2 Å². The van der Waals surface area contributed by atoms with Crippen molar-refractivity contribution >= 4 is 11.9 Å². The summed E-state index contributed by atoms with van der Waals surface area (Å²) in [5.74, 6) is -0.633. The van der Waals surface area contributed by atoms with Gasteiger partial charge in [-0.05, 0) is 38.5 Å². The summed E-state index contributed by atoms with van der Waals surface area (Å²) in [7, 11) is 0. The van der Waals surface area contributed by atoms with E-state index in [0.29, 0.717) is 52.5 Å². The predicted octanol–water partition coefficient (Wildman–Crippen LogP) is 5.59. The highest BCUT2D eigenvalue weighted by molar-refractivity contribution is 5.70. The molecule has 10 nitrogen and oxygen atoms in total. The maximum atomic E-state index is 12.0. The Labute approximate surface area is 243 Å². The van der Waals surface area contributed by atoms with E-state index in [1.165, 1.54) is 0 Å². The molecule has 0 radical (unpaired) electrons. The fourth-order valence-electron chi connectivity index (χ4n) is 3.21. The van der Waals surface area contributed by atoms with Crippen LogP contribution in [0, 0.1) is 0 Å². The van der Waals surface area contributed by atoms with Gasteiger partial charge >= 0.3 is 11.9 Å². The van der Waals surface area contributed by atoms with Crippen LogP contribution in [0.25, 0.3) is 0 Å². The number of ether oxygens (including phenoxy) is 8. The summed E-state index contributed by atoms with van der Waals surface area (Å²) < 4.78 is 44.4. The molecule has 0 bridgehead atoms. The minimum absolute atomic E-state index is 0.149. The van der Waals surface area contributed by atoms with Crippen LogP contribution < -0.4 is 0 Å². The molecule has 0 aromatic heterocycles. The topological polar surface area (TPSA) is 108 Å². The van der Waals surface area contributed by atoms with E-state index in [-0.39, 0.29) is 51.2 Å². The fourth-order valence-corrected chi connectivity index (χ4v) is 3.21. The lowest BCUT2D eigenvalue weighted by Crippen LogP contribution is -2.26. The first kappa shape index (κ1) is 38.7. The summed E-state index contributed by atoms with van der Waals surface area (Å²) in [6.07, 6.45) is 8.75. The highest BCUT2D eigenvalue weighted by Gasteiger charge is 2.12. The summed E-state index contributed by atoms with van der Waals surface area (Å²) in [4.78, 5) is 24.0. The van der Waals surface area contributed by atoms with E-state index in [1.54, 1.807) is 0 Å². The van der Waals surface area contributed by atoms with E-state index in [9.17, 15) is 9.59 Å². The summed E-state index contributed by atoms with van der Waals surface area (Å²) in [6, 6.07) is 0. The zero-order valence-corrected chi connectivity index (χ0v) is 25.8. The summed E-state index contributed by atoms with van der Waals surface area (Å²) in [6.45, 7) is 12.5. The standard InChI is InChI=1S/C30H58O10/c1-5-9-17-33-25-29(37-19-11-7-3)39-23-21-35-27(31)15-13-14-16-28(32)36-22-24-40-30(38-20-12-8-4)26-34-18-10-6-2/h29-30H,5-26H2,1-4H3. The molecule has 0 fully saturated rings. The van der Waals surface area contributed by atoms with Crippen LogP contribution in [-0.2, 0) is 47.5 Å². The Kier molecular flexibility index (Phi) is 29.7. The van der Waals surface area contributed by atoms with Crippen molar-refractivity contribution in [1.29, 1.82) is 0 Å². The molecule has 238 valence electrons. The summed E-state index contributed by atoms with van der Waals surface area (Å²) >= 11 is 0. The second-order valence-electron chi connectivity index (χ2n) is 9.55. The Morgan fingerprint density at radius 2 is 0.800 bits per heavy atom. The zero-order valence-electron chi connectivity index (χ0n) is 25.8. The molecule has 0 saturated heterocycles. The molecule has 0 aliphatic heterocycles. The maximum absolute atomic E-state index is 12.0. The van der Waals surface area contributed by atoms with E-state index in [0.717, 1.165) is 51.4 Å². The van der Waals surface area contributed by atoms with Gasteiger partial charge in [-0.3, -0.25) is 9.59 Å². The van der Waals surface area contributed by atoms with Crippen molar-refractivity contribution in [3.63, 3.8) is 0 Å². The van der Waals surface area contributed by atoms with Crippen molar-refractivity contribution in [3.05, 3.63) is 0 Å². The van der Waals surface area contributed by atoms with E-state index < -0.39 is 12.6 Å². The maximum Gasteiger partial charge on any atom is 0.305 e. The molecule has 0 amide bonds. The third-order valence-corrected chi connectivity index (χ3v) is 5.71. The summed E-state index contributed by atoms with van der Waals surface area (Å²) in [5, 5.41) is 0. The van der Waals surface area contributed by atoms with Crippen LogP contribution in [0.15, 0.2) is 0 Å². The molecule has 0 heterocycles. The Bertz CT molecular complexity index is 513.